The zero-order chi connectivity index (χ0) is 10.7. The van der Waals surface area contributed by atoms with Gasteiger partial charge in [0.2, 0.25) is 5.95 Å². The Morgan fingerprint density at radius 1 is 1.27 bits per heavy atom. The van der Waals surface area contributed by atoms with E-state index in [2.05, 4.69) is 46.1 Å². The summed E-state index contributed by atoms with van der Waals surface area (Å²) < 4.78 is 2.12. The third kappa shape index (κ3) is 1.86. The van der Waals surface area contributed by atoms with E-state index in [-0.39, 0.29) is 0 Å². The van der Waals surface area contributed by atoms with Gasteiger partial charge in [-0.3, -0.25) is 0 Å². The van der Waals surface area contributed by atoms with Crippen LogP contribution >= 0.6 is 0 Å². The third-order valence-corrected chi connectivity index (χ3v) is 2.59. The van der Waals surface area contributed by atoms with E-state index in [0.717, 1.165) is 5.95 Å². The van der Waals surface area contributed by atoms with E-state index >= 15 is 0 Å². The summed E-state index contributed by atoms with van der Waals surface area (Å²) in [6.45, 7) is 2.16. The number of hydrogen-bond acceptors (Lipinski definition) is 2. The van der Waals surface area contributed by atoms with Crippen LogP contribution in [0.2, 0.25) is 0 Å². The molecule has 78 valence electrons. The fourth-order valence-corrected chi connectivity index (χ4v) is 1.71. The van der Waals surface area contributed by atoms with Gasteiger partial charge >= 0.3 is 0 Å². The van der Waals surface area contributed by atoms with Crippen molar-refractivity contribution in [1.82, 2.24) is 9.55 Å². The molecule has 0 saturated heterocycles. The second-order valence-electron chi connectivity index (χ2n) is 3.49. The molecule has 0 saturated carbocycles. The molecule has 0 aliphatic carbocycles. The average Bonchev–Trinajstić information content (AvgIpc) is 2.77. The molecule has 3 nitrogen and oxygen atoms in total. The van der Waals surface area contributed by atoms with E-state index < -0.39 is 0 Å². The lowest BCUT2D eigenvalue weighted by molar-refractivity contribution is 0.646. The lowest BCUT2D eigenvalue weighted by atomic mass is 10.1. The summed E-state index contributed by atoms with van der Waals surface area (Å²) in [5, 5.41) is 3.08. The standard InChI is InChI=1S/C12H15N3/c1-10(11-6-4-3-5-7-11)15-9-8-14-12(15)13-2/h3-10H,1-2H3,(H,13,14). The molecular weight excluding hydrogens is 186 g/mol. The highest BCUT2D eigenvalue weighted by Gasteiger charge is 2.09. The Hall–Kier alpha value is -1.77. The largest absolute Gasteiger partial charge is 0.359 e. The summed E-state index contributed by atoms with van der Waals surface area (Å²) >= 11 is 0. The van der Waals surface area contributed by atoms with E-state index in [4.69, 9.17) is 0 Å². The molecule has 1 N–H and O–H groups in total. The Morgan fingerprint density at radius 2 is 2.00 bits per heavy atom. The number of imidazole rings is 1. The van der Waals surface area contributed by atoms with E-state index in [1.807, 2.05) is 25.5 Å². The fourth-order valence-electron chi connectivity index (χ4n) is 1.71. The molecule has 0 fully saturated rings. The second-order valence-corrected chi connectivity index (χ2v) is 3.49. The van der Waals surface area contributed by atoms with Crippen LogP contribution in [0.4, 0.5) is 5.95 Å². The maximum atomic E-state index is 4.23. The Balaban J connectivity index is 2.32. The van der Waals surface area contributed by atoms with E-state index in [9.17, 15) is 0 Å². The lowest BCUT2D eigenvalue weighted by Crippen LogP contribution is -2.09. The molecule has 0 radical (unpaired) electrons. The Labute approximate surface area is 89.8 Å². The molecule has 0 bridgehead atoms. The van der Waals surface area contributed by atoms with Crippen LogP contribution in [-0.4, -0.2) is 16.6 Å². The van der Waals surface area contributed by atoms with Gasteiger partial charge in [-0.05, 0) is 12.5 Å². The molecule has 3 heteroatoms. The molecule has 2 rings (SSSR count). The van der Waals surface area contributed by atoms with Crippen LogP contribution in [0, 0.1) is 0 Å². The molecule has 0 aliphatic heterocycles. The molecule has 1 aromatic carbocycles. The third-order valence-electron chi connectivity index (χ3n) is 2.59. The topological polar surface area (TPSA) is 29.9 Å². The van der Waals surface area contributed by atoms with Crippen LogP contribution in [0.5, 0.6) is 0 Å². The first-order valence-electron chi connectivity index (χ1n) is 5.08. The van der Waals surface area contributed by atoms with E-state index in [1.54, 1.807) is 0 Å². The normalized spacial score (nSPS) is 12.4. The molecule has 0 spiro atoms. The number of aromatic nitrogens is 2. The van der Waals surface area contributed by atoms with Crippen LogP contribution in [0.15, 0.2) is 42.7 Å². The minimum Gasteiger partial charge on any atom is -0.359 e. The second kappa shape index (κ2) is 4.17. The number of hydrogen-bond donors (Lipinski definition) is 1. The highest BCUT2D eigenvalue weighted by atomic mass is 15.2. The molecule has 1 aromatic heterocycles. The predicted octanol–water partition coefficient (Wildman–Crippen LogP) is 2.53. The van der Waals surface area contributed by atoms with Crippen molar-refractivity contribution in [2.24, 2.45) is 0 Å². The minimum atomic E-state index is 0.302. The quantitative estimate of drug-likeness (QED) is 0.827. The van der Waals surface area contributed by atoms with Crippen LogP contribution < -0.4 is 5.32 Å². The van der Waals surface area contributed by atoms with Crippen molar-refractivity contribution in [3.8, 4) is 0 Å². The zero-order valence-corrected chi connectivity index (χ0v) is 9.01. The van der Waals surface area contributed by atoms with Crippen LogP contribution in [0.3, 0.4) is 0 Å². The summed E-state index contributed by atoms with van der Waals surface area (Å²) in [6.07, 6.45) is 3.80. The van der Waals surface area contributed by atoms with E-state index in [0.29, 0.717) is 6.04 Å². The molecule has 1 atom stereocenters. The van der Waals surface area contributed by atoms with Gasteiger partial charge in [0.15, 0.2) is 0 Å². The van der Waals surface area contributed by atoms with Crippen molar-refractivity contribution in [3.05, 3.63) is 48.3 Å². The number of nitrogens with zero attached hydrogens (tertiary/aromatic N) is 2. The molecular formula is C12H15N3. The summed E-state index contributed by atoms with van der Waals surface area (Å²) in [6, 6.07) is 10.7. The van der Waals surface area contributed by atoms with Crippen molar-refractivity contribution in [2.75, 3.05) is 12.4 Å². The van der Waals surface area contributed by atoms with Gasteiger partial charge in [-0.25, -0.2) is 4.98 Å². The number of nitrogens with one attached hydrogen (secondary N) is 1. The Kier molecular flexibility index (Phi) is 2.72. The van der Waals surface area contributed by atoms with Crippen LogP contribution in [0.1, 0.15) is 18.5 Å². The smallest absolute Gasteiger partial charge is 0.203 e. The monoisotopic (exact) mass is 201 g/mol. The van der Waals surface area contributed by atoms with E-state index in [1.165, 1.54) is 5.56 Å². The SMILES string of the molecule is CNc1nccn1C(C)c1ccccc1. The molecule has 2 aromatic rings. The number of anilines is 1. The average molecular weight is 201 g/mol. The zero-order valence-electron chi connectivity index (χ0n) is 9.01. The Bertz CT molecular complexity index is 419. The first-order chi connectivity index (χ1) is 7.33. The van der Waals surface area contributed by atoms with Crippen molar-refractivity contribution in [1.29, 1.82) is 0 Å². The summed E-state index contributed by atoms with van der Waals surface area (Å²) in [4.78, 5) is 4.23. The molecule has 1 unspecified atom stereocenters. The van der Waals surface area contributed by atoms with Crippen molar-refractivity contribution < 1.29 is 0 Å². The summed E-state index contributed by atoms with van der Waals surface area (Å²) in [7, 11) is 1.89. The highest BCUT2D eigenvalue weighted by Crippen LogP contribution is 2.20. The first-order valence-corrected chi connectivity index (χ1v) is 5.08. The summed E-state index contributed by atoms with van der Waals surface area (Å²) in [5.74, 6) is 0.895. The van der Waals surface area contributed by atoms with Gasteiger partial charge in [0.1, 0.15) is 0 Å². The van der Waals surface area contributed by atoms with Gasteiger partial charge in [-0.1, -0.05) is 30.3 Å². The van der Waals surface area contributed by atoms with Gasteiger partial charge < -0.3 is 9.88 Å². The predicted molar refractivity (Wildman–Crippen MR) is 62.0 cm³/mol. The van der Waals surface area contributed by atoms with Crippen molar-refractivity contribution in [2.45, 2.75) is 13.0 Å². The minimum absolute atomic E-state index is 0.302. The number of rotatable bonds is 3. The maximum Gasteiger partial charge on any atom is 0.203 e. The van der Waals surface area contributed by atoms with Gasteiger partial charge in [0, 0.05) is 19.4 Å². The maximum absolute atomic E-state index is 4.23. The molecule has 1 heterocycles. The number of benzene rings is 1. The van der Waals surface area contributed by atoms with Gasteiger partial charge in [-0.15, -0.1) is 0 Å². The Morgan fingerprint density at radius 3 is 2.67 bits per heavy atom. The van der Waals surface area contributed by atoms with Crippen molar-refractivity contribution >= 4 is 5.95 Å². The highest BCUT2D eigenvalue weighted by molar-refractivity contribution is 5.29. The van der Waals surface area contributed by atoms with Gasteiger partial charge in [-0.2, -0.15) is 0 Å². The van der Waals surface area contributed by atoms with Crippen LogP contribution in [-0.2, 0) is 0 Å². The fraction of sp³-hybridized carbons (Fsp3) is 0.250. The lowest BCUT2D eigenvalue weighted by Gasteiger charge is -2.16. The molecule has 0 amide bonds. The van der Waals surface area contributed by atoms with Crippen LogP contribution in [0.25, 0.3) is 0 Å². The summed E-state index contributed by atoms with van der Waals surface area (Å²) in [5.41, 5.74) is 1.28. The molecule has 0 aliphatic rings. The van der Waals surface area contributed by atoms with Gasteiger partial charge in [0.05, 0.1) is 6.04 Å². The van der Waals surface area contributed by atoms with Crippen molar-refractivity contribution in [3.63, 3.8) is 0 Å². The van der Waals surface area contributed by atoms with Gasteiger partial charge in [0.25, 0.3) is 0 Å². The first kappa shape index (κ1) is 9.77. The molecule has 15 heavy (non-hydrogen) atoms.